The summed E-state index contributed by atoms with van der Waals surface area (Å²) >= 11 is 1.90. The van der Waals surface area contributed by atoms with Gasteiger partial charge in [-0.3, -0.25) is 4.57 Å². The van der Waals surface area contributed by atoms with E-state index in [0.717, 1.165) is 27.5 Å². The van der Waals surface area contributed by atoms with Crippen LogP contribution in [0.1, 0.15) is 30.5 Å². The molecule has 0 fully saturated rings. The first kappa shape index (κ1) is 27.9. The highest BCUT2D eigenvalue weighted by atomic mass is 32.1. The van der Waals surface area contributed by atoms with Crippen LogP contribution >= 0.6 is 11.3 Å². The van der Waals surface area contributed by atoms with Gasteiger partial charge in [-0.05, 0) is 53.1 Å². The van der Waals surface area contributed by atoms with Gasteiger partial charge in [0.05, 0.1) is 22.7 Å². The minimum Gasteiger partial charge on any atom is -0.277 e. The van der Waals surface area contributed by atoms with Gasteiger partial charge in [-0.1, -0.05) is 105 Å². The molecule has 230 valence electrons. The fourth-order valence-electron chi connectivity index (χ4n) is 7.88. The van der Waals surface area contributed by atoms with Gasteiger partial charge in [0.15, 0.2) is 11.6 Å². The second-order valence-corrected chi connectivity index (χ2v) is 14.2. The third kappa shape index (κ3) is 3.88. The molecule has 0 aliphatic heterocycles. The van der Waals surface area contributed by atoms with Crippen LogP contribution in [0.5, 0.6) is 0 Å². The topological polar surface area (TPSA) is 67.4 Å². The van der Waals surface area contributed by atoms with Gasteiger partial charge in [-0.15, -0.1) is 11.3 Å². The molecule has 0 bridgehead atoms. The number of aromatic nitrogens is 4. The Morgan fingerprint density at radius 1 is 0.653 bits per heavy atom. The molecule has 10 rings (SSSR count). The lowest BCUT2D eigenvalue weighted by Crippen LogP contribution is -2.15. The molecule has 0 saturated carbocycles. The fourth-order valence-corrected chi connectivity index (χ4v) is 9.30. The van der Waals surface area contributed by atoms with Crippen LogP contribution < -0.4 is 0 Å². The molecule has 1 aliphatic carbocycles. The molecule has 3 heterocycles. The summed E-state index contributed by atoms with van der Waals surface area (Å²) in [5.74, 6) is 1.71. The Morgan fingerprint density at radius 3 is 2.08 bits per heavy atom. The van der Waals surface area contributed by atoms with E-state index in [-0.39, 0.29) is 5.41 Å². The molecule has 0 amide bonds. The van der Waals surface area contributed by atoms with Crippen molar-refractivity contribution in [2.45, 2.75) is 19.3 Å². The fraction of sp³-hybridized carbons (Fsp3) is 0.0698. The van der Waals surface area contributed by atoms with Crippen molar-refractivity contribution in [3.63, 3.8) is 0 Å². The monoisotopic (exact) mass is 645 g/mol. The van der Waals surface area contributed by atoms with Crippen molar-refractivity contribution in [2.75, 3.05) is 0 Å². The molecule has 0 radical (unpaired) electrons. The lowest BCUT2D eigenvalue weighted by molar-refractivity contribution is 0.667. The lowest BCUT2D eigenvalue weighted by Gasteiger charge is -2.22. The summed E-state index contributed by atoms with van der Waals surface area (Å²) < 4.78 is 4.89. The lowest BCUT2D eigenvalue weighted by atomic mass is 9.81. The Kier molecular flexibility index (Phi) is 5.79. The molecule has 1 aliphatic rings. The first-order chi connectivity index (χ1) is 24.0. The minimum absolute atomic E-state index is 0.220. The summed E-state index contributed by atoms with van der Waals surface area (Å²) in [6, 6.07) is 46.0. The summed E-state index contributed by atoms with van der Waals surface area (Å²) in [7, 11) is 0. The van der Waals surface area contributed by atoms with Crippen molar-refractivity contribution < 1.29 is 0 Å². The molecule has 9 aromatic rings. The number of para-hydroxylation sites is 1. The number of nitriles is 1. The predicted molar refractivity (Wildman–Crippen MR) is 200 cm³/mol. The first-order valence-corrected chi connectivity index (χ1v) is 17.2. The summed E-state index contributed by atoms with van der Waals surface area (Å²) in [6.45, 7) is 4.72. The van der Waals surface area contributed by atoms with Crippen LogP contribution in [0.15, 0.2) is 127 Å². The van der Waals surface area contributed by atoms with Crippen LogP contribution in [0, 0.1) is 11.3 Å². The van der Waals surface area contributed by atoms with E-state index >= 15 is 0 Å². The van der Waals surface area contributed by atoms with Crippen molar-refractivity contribution >= 4 is 53.3 Å². The van der Waals surface area contributed by atoms with Crippen LogP contribution in [0.25, 0.3) is 81.8 Å². The summed E-state index contributed by atoms with van der Waals surface area (Å²) in [6.07, 6.45) is 0. The van der Waals surface area contributed by atoms with Gasteiger partial charge in [0.25, 0.3) is 0 Å². The van der Waals surface area contributed by atoms with E-state index in [9.17, 15) is 5.26 Å². The van der Waals surface area contributed by atoms with Crippen LogP contribution in [0.2, 0.25) is 0 Å². The molecular formula is C43H27N5S. The van der Waals surface area contributed by atoms with E-state index in [0.29, 0.717) is 23.2 Å². The molecule has 6 heteroatoms. The summed E-state index contributed by atoms with van der Waals surface area (Å²) in [5, 5.41) is 14.4. The van der Waals surface area contributed by atoms with Crippen LogP contribution in [0.3, 0.4) is 0 Å². The number of hydrogen-bond donors (Lipinski definition) is 0. The summed E-state index contributed by atoms with van der Waals surface area (Å²) in [4.78, 5) is 15.5. The predicted octanol–water partition coefficient (Wildman–Crippen LogP) is 10.8. The van der Waals surface area contributed by atoms with Crippen molar-refractivity contribution in [1.82, 2.24) is 19.5 Å². The first-order valence-electron chi connectivity index (χ1n) is 16.4. The van der Waals surface area contributed by atoms with E-state index in [1.54, 1.807) is 0 Å². The Bertz CT molecular complexity index is 2850. The third-order valence-electron chi connectivity index (χ3n) is 10.1. The zero-order valence-corrected chi connectivity index (χ0v) is 27.6. The number of fused-ring (bicyclic) bond motifs is 12. The summed E-state index contributed by atoms with van der Waals surface area (Å²) in [5.41, 5.74) is 9.43. The van der Waals surface area contributed by atoms with Crippen LogP contribution in [-0.4, -0.2) is 19.5 Å². The van der Waals surface area contributed by atoms with Crippen molar-refractivity contribution in [3.8, 4) is 45.9 Å². The maximum absolute atomic E-state index is 9.48. The third-order valence-corrected chi connectivity index (χ3v) is 11.2. The van der Waals surface area contributed by atoms with Gasteiger partial charge in [-0.25, -0.2) is 4.98 Å². The average Bonchev–Trinajstić information content (AvgIpc) is 3.77. The van der Waals surface area contributed by atoms with Crippen LogP contribution in [0.4, 0.5) is 0 Å². The smallest absolute Gasteiger partial charge is 0.238 e. The Morgan fingerprint density at radius 2 is 1.31 bits per heavy atom. The quantitative estimate of drug-likeness (QED) is 0.192. The highest BCUT2D eigenvalue weighted by Crippen LogP contribution is 2.58. The Labute approximate surface area is 286 Å². The number of rotatable bonds is 3. The van der Waals surface area contributed by atoms with E-state index in [1.807, 2.05) is 65.9 Å². The Hall–Kier alpha value is -6.16. The SMILES string of the molecule is CC1(C)c2ccccc2-c2c1c1sc3ccccc3c1c1c3ccccc3n(-c3nc(-c4ccccc4)nc(-c4ccc(C#N)cc4)n3)c21. The molecule has 6 aromatic carbocycles. The molecule has 3 aromatic heterocycles. The molecule has 0 N–H and O–H groups in total. The molecular weight excluding hydrogens is 619 g/mol. The van der Waals surface area contributed by atoms with Gasteiger partial charge in [0.2, 0.25) is 5.95 Å². The van der Waals surface area contributed by atoms with E-state index < -0.39 is 0 Å². The zero-order valence-electron chi connectivity index (χ0n) is 26.8. The number of nitrogens with zero attached hydrogens (tertiary/aromatic N) is 5. The highest BCUT2D eigenvalue weighted by Gasteiger charge is 2.41. The standard InChI is InChI=1S/C43H27N5S/c1-43(2)31-17-9-6-14-28(31)36-37(43)39-35(30-16-8-11-19-33(30)49-39)34-29-15-7-10-18-32(29)48(38(34)36)42-46-40(26-12-4-3-5-13-26)45-41(47-42)27-22-20-25(24-44)21-23-27/h3-23H,1-2H3. The van der Waals surface area contributed by atoms with Gasteiger partial charge in [0.1, 0.15) is 0 Å². The van der Waals surface area contributed by atoms with Crippen molar-refractivity contribution in [3.05, 3.63) is 144 Å². The normalized spacial score (nSPS) is 13.2. The van der Waals surface area contributed by atoms with E-state index in [4.69, 9.17) is 15.0 Å². The average molecular weight is 646 g/mol. The second-order valence-electron chi connectivity index (χ2n) is 13.1. The largest absolute Gasteiger partial charge is 0.277 e. The number of thiophene rings is 1. The van der Waals surface area contributed by atoms with Gasteiger partial charge < -0.3 is 0 Å². The molecule has 0 saturated heterocycles. The van der Waals surface area contributed by atoms with Crippen molar-refractivity contribution in [2.24, 2.45) is 0 Å². The maximum atomic E-state index is 9.48. The molecule has 0 spiro atoms. The van der Waals surface area contributed by atoms with Gasteiger partial charge >= 0.3 is 0 Å². The van der Waals surface area contributed by atoms with E-state index in [2.05, 4.69) is 97.3 Å². The minimum atomic E-state index is -0.220. The second kappa shape index (κ2) is 10.2. The van der Waals surface area contributed by atoms with Gasteiger partial charge in [-0.2, -0.15) is 15.2 Å². The molecule has 0 atom stereocenters. The zero-order chi connectivity index (χ0) is 32.9. The van der Waals surface area contributed by atoms with Crippen LogP contribution in [-0.2, 0) is 5.41 Å². The maximum Gasteiger partial charge on any atom is 0.238 e. The number of hydrogen-bond acceptors (Lipinski definition) is 5. The molecule has 5 nitrogen and oxygen atoms in total. The Balaban J connectivity index is 1.42. The molecule has 49 heavy (non-hydrogen) atoms. The van der Waals surface area contributed by atoms with Crippen molar-refractivity contribution in [1.29, 1.82) is 5.26 Å². The van der Waals surface area contributed by atoms with E-state index in [1.165, 1.54) is 47.8 Å². The number of benzene rings is 6. The highest BCUT2D eigenvalue weighted by molar-refractivity contribution is 7.26. The van der Waals surface area contributed by atoms with Gasteiger partial charge in [0, 0.05) is 53.1 Å². The molecule has 0 unspecified atom stereocenters.